The average molecular weight is 288 g/mol. The molecule has 0 aliphatic heterocycles. The molecule has 0 fully saturated rings. The van der Waals surface area contributed by atoms with Gasteiger partial charge in [0.25, 0.3) is 0 Å². The number of hydrogen-bond donors (Lipinski definition) is 2. The number of phenolic OH excluding ortho intramolecular Hbond substituents is 1. The van der Waals surface area contributed by atoms with E-state index in [1.807, 2.05) is 0 Å². The normalized spacial score (nSPS) is 10.8. The molecule has 0 bridgehead atoms. The van der Waals surface area contributed by atoms with Crippen molar-refractivity contribution in [3.8, 4) is 22.7 Å². The van der Waals surface area contributed by atoms with Crippen LogP contribution in [0.4, 0.5) is 14.6 Å². The summed E-state index contributed by atoms with van der Waals surface area (Å²) in [5, 5.41) is 17.5. The van der Waals surface area contributed by atoms with Crippen molar-refractivity contribution in [3.63, 3.8) is 0 Å². The quantitative estimate of drug-likeness (QED) is 0.759. The van der Waals surface area contributed by atoms with Gasteiger partial charge in [-0.05, 0) is 30.3 Å². The molecule has 7 heteroatoms. The number of nitrogens with two attached hydrogens (primary N) is 1. The number of phenols is 1. The summed E-state index contributed by atoms with van der Waals surface area (Å²) in [6.07, 6.45) is 0. The highest BCUT2D eigenvalue weighted by Gasteiger charge is 2.16. The molecule has 3 aromatic rings. The Balaban J connectivity index is 2.11. The van der Waals surface area contributed by atoms with Crippen LogP contribution in [0.2, 0.25) is 0 Å². The van der Waals surface area contributed by atoms with Crippen molar-refractivity contribution in [1.82, 2.24) is 15.0 Å². The Morgan fingerprint density at radius 1 is 1.05 bits per heavy atom. The van der Waals surface area contributed by atoms with E-state index < -0.39 is 11.6 Å². The molecule has 0 amide bonds. The van der Waals surface area contributed by atoms with E-state index in [4.69, 9.17) is 5.73 Å². The van der Waals surface area contributed by atoms with Gasteiger partial charge >= 0.3 is 0 Å². The number of anilines is 1. The molecular formula is C14H10F2N4O. The predicted molar refractivity (Wildman–Crippen MR) is 72.8 cm³/mol. The van der Waals surface area contributed by atoms with Crippen LogP contribution < -0.4 is 5.73 Å². The Morgan fingerprint density at radius 3 is 2.52 bits per heavy atom. The minimum absolute atomic E-state index is 0.0223. The van der Waals surface area contributed by atoms with Crippen molar-refractivity contribution in [3.05, 3.63) is 54.1 Å². The van der Waals surface area contributed by atoms with Gasteiger partial charge < -0.3 is 10.8 Å². The zero-order chi connectivity index (χ0) is 15.0. The first-order valence-electron chi connectivity index (χ1n) is 6.03. The number of halogens is 2. The van der Waals surface area contributed by atoms with Crippen molar-refractivity contribution in [2.24, 2.45) is 0 Å². The summed E-state index contributed by atoms with van der Waals surface area (Å²) in [6, 6.07) is 9.78. The smallest absolute Gasteiger partial charge is 0.159 e. The number of benzene rings is 2. The zero-order valence-electron chi connectivity index (χ0n) is 10.7. The fraction of sp³-hybridized carbons (Fsp3) is 0. The lowest BCUT2D eigenvalue weighted by Gasteiger charge is -2.05. The number of hydrogen-bond acceptors (Lipinski definition) is 4. The first-order chi connectivity index (χ1) is 10.1. The van der Waals surface area contributed by atoms with Crippen LogP contribution >= 0.6 is 0 Å². The van der Waals surface area contributed by atoms with E-state index in [1.165, 1.54) is 16.8 Å². The highest BCUT2D eigenvalue weighted by molar-refractivity contribution is 5.71. The summed E-state index contributed by atoms with van der Waals surface area (Å²) in [7, 11) is 0. The van der Waals surface area contributed by atoms with Crippen LogP contribution in [0, 0.1) is 11.6 Å². The molecule has 0 radical (unpaired) electrons. The molecule has 106 valence electrons. The topological polar surface area (TPSA) is 77.0 Å². The molecule has 0 saturated carbocycles. The lowest BCUT2D eigenvalue weighted by atomic mass is 10.1. The molecule has 0 aliphatic rings. The Labute approximate surface area is 118 Å². The van der Waals surface area contributed by atoms with Crippen molar-refractivity contribution in [2.45, 2.75) is 0 Å². The Hall–Kier alpha value is -2.96. The van der Waals surface area contributed by atoms with Crippen molar-refractivity contribution in [1.29, 1.82) is 0 Å². The van der Waals surface area contributed by atoms with Crippen LogP contribution in [0.15, 0.2) is 42.5 Å². The third kappa shape index (κ3) is 2.18. The number of nitrogens with zero attached hydrogens (tertiary/aromatic N) is 3. The second kappa shape index (κ2) is 4.86. The van der Waals surface area contributed by atoms with Gasteiger partial charge in [-0.3, -0.25) is 0 Å². The average Bonchev–Trinajstić information content (AvgIpc) is 2.84. The highest BCUT2D eigenvalue weighted by Crippen LogP contribution is 2.29. The first-order valence-corrected chi connectivity index (χ1v) is 6.03. The maximum Gasteiger partial charge on any atom is 0.159 e. The predicted octanol–water partition coefficient (Wildman–Crippen LogP) is 2.50. The molecule has 0 aliphatic carbocycles. The van der Waals surface area contributed by atoms with Gasteiger partial charge in [0, 0.05) is 5.56 Å². The molecule has 1 heterocycles. The third-order valence-corrected chi connectivity index (χ3v) is 3.01. The maximum absolute atomic E-state index is 13.3. The van der Waals surface area contributed by atoms with E-state index in [-0.39, 0.29) is 17.3 Å². The SMILES string of the molecule is Nc1c(-c2ccc(F)c(F)c2)nnn1-c1ccccc1O. The van der Waals surface area contributed by atoms with Crippen molar-refractivity contribution < 1.29 is 13.9 Å². The monoisotopic (exact) mass is 288 g/mol. The standard InChI is InChI=1S/C14H10F2N4O/c15-9-6-5-8(7-10(9)16)13-14(17)20(19-18-13)11-3-1-2-4-12(11)21/h1-7,21H,17H2. The first kappa shape index (κ1) is 13.0. The van der Waals surface area contributed by atoms with Gasteiger partial charge in [-0.25, -0.2) is 8.78 Å². The fourth-order valence-corrected chi connectivity index (χ4v) is 1.96. The summed E-state index contributed by atoms with van der Waals surface area (Å²) in [6.45, 7) is 0. The van der Waals surface area contributed by atoms with Crippen LogP contribution in [0.1, 0.15) is 0 Å². The third-order valence-electron chi connectivity index (χ3n) is 3.01. The van der Waals surface area contributed by atoms with E-state index in [2.05, 4.69) is 10.3 Å². The van der Waals surface area contributed by atoms with Crippen LogP contribution in [0.5, 0.6) is 5.75 Å². The molecular weight excluding hydrogens is 278 g/mol. The largest absolute Gasteiger partial charge is 0.506 e. The molecule has 5 nitrogen and oxygen atoms in total. The molecule has 0 saturated heterocycles. The lowest BCUT2D eigenvalue weighted by Crippen LogP contribution is -2.02. The van der Waals surface area contributed by atoms with E-state index in [9.17, 15) is 13.9 Å². The number of aromatic hydroxyl groups is 1. The van der Waals surface area contributed by atoms with Gasteiger partial charge in [0.05, 0.1) is 0 Å². The summed E-state index contributed by atoms with van der Waals surface area (Å²) in [5.41, 5.74) is 6.78. The van der Waals surface area contributed by atoms with E-state index in [1.54, 1.807) is 18.2 Å². The fourth-order valence-electron chi connectivity index (χ4n) is 1.96. The summed E-state index contributed by atoms with van der Waals surface area (Å²) in [5.74, 6) is -1.86. The van der Waals surface area contributed by atoms with Crippen molar-refractivity contribution in [2.75, 3.05) is 5.73 Å². The zero-order valence-corrected chi connectivity index (χ0v) is 10.7. The molecule has 3 N–H and O–H groups in total. The van der Waals surface area contributed by atoms with Crippen LogP contribution in [-0.2, 0) is 0 Å². The van der Waals surface area contributed by atoms with Gasteiger partial charge in [-0.2, -0.15) is 4.68 Å². The lowest BCUT2D eigenvalue weighted by molar-refractivity contribution is 0.470. The van der Waals surface area contributed by atoms with Crippen molar-refractivity contribution >= 4 is 5.82 Å². The molecule has 0 spiro atoms. The van der Waals surface area contributed by atoms with Gasteiger partial charge in [0.2, 0.25) is 0 Å². The summed E-state index contributed by atoms with van der Waals surface area (Å²) >= 11 is 0. The highest BCUT2D eigenvalue weighted by atomic mass is 19.2. The van der Waals surface area contributed by atoms with Gasteiger partial charge in [-0.15, -0.1) is 5.10 Å². The van der Waals surface area contributed by atoms with Crippen LogP contribution in [0.25, 0.3) is 16.9 Å². The number of para-hydroxylation sites is 2. The van der Waals surface area contributed by atoms with Gasteiger partial charge in [0.1, 0.15) is 17.1 Å². The second-order valence-corrected chi connectivity index (χ2v) is 4.35. The van der Waals surface area contributed by atoms with Gasteiger partial charge in [-0.1, -0.05) is 17.3 Å². The number of rotatable bonds is 2. The minimum Gasteiger partial charge on any atom is -0.506 e. The summed E-state index contributed by atoms with van der Waals surface area (Å²) in [4.78, 5) is 0. The summed E-state index contributed by atoms with van der Waals surface area (Å²) < 4.78 is 27.5. The molecule has 0 atom stereocenters. The number of nitrogen functional groups attached to an aromatic ring is 1. The Kier molecular flexibility index (Phi) is 3.02. The Morgan fingerprint density at radius 2 is 1.81 bits per heavy atom. The van der Waals surface area contributed by atoms with Gasteiger partial charge in [0.15, 0.2) is 17.5 Å². The molecule has 21 heavy (non-hydrogen) atoms. The van der Waals surface area contributed by atoms with E-state index >= 15 is 0 Å². The molecule has 1 aromatic heterocycles. The van der Waals surface area contributed by atoms with E-state index in [0.29, 0.717) is 11.3 Å². The minimum atomic E-state index is -0.996. The van der Waals surface area contributed by atoms with Crippen LogP contribution in [0.3, 0.4) is 0 Å². The molecule has 0 unspecified atom stereocenters. The second-order valence-electron chi connectivity index (χ2n) is 4.35. The maximum atomic E-state index is 13.3. The van der Waals surface area contributed by atoms with Crippen LogP contribution in [-0.4, -0.2) is 20.1 Å². The molecule has 3 rings (SSSR count). The van der Waals surface area contributed by atoms with E-state index in [0.717, 1.165) is 12.1 Å². The Bertz CT molecular complexity index is 816. The molecule has 2 aromatic carbocycles. The number of aromatic nitrogens is 3.